The molecule has 3 nitrogen and oxygen atoms in total. The smallest absolute Gasteiger partial charge is 0.239 e. The fourth-order valence-electron chi connectivity index (χ4n) is 2.47. The zero-order valence-electron chi connectivity index (χ0n) is 11.1. The number of nitrogens with two attached hydrogens (primary N) is 1. The maximum atomic E-state index is 11.8. The fraction of sp³-hybridized carbons (Fsp3) is 0.923. The van der Waals surface area contributed by atoms with Crippen molar-refractivity contribution in [1.82, 2.24) is 4.90 Å². The predicted molar refractivity (Wildman–Crippen MR) is 67.0 cm³/mol. The normalized spacial score (nSPS) is 25.1. The average molecular weight is 226 g/mol. The van der Waals surface area contributed by atoms with Crippen LogP contribution in [0.2, 0.25) is 0 Å². The van der Waals surface area contributed by atoms with Crippen molar-refractivity contribution in [3.8, 4) is 0 Å². The lowest BCUT2D eigenvalue weighted by atomic mass is 9.77. The molecule has 0 aliphatic carbocycles. The number of hydrogen-bond acceptors (Lipinski definition) is 2. The number of carbonyl (C=O) groups excluding carboxylic acids is 1. The second-order valence-corrected chi connectivity index (χ2v) is 6.11. The summed E-state index contributed by atoms with van der Waals surface area (Å²) in [6, 6.07) is -0.355. The van der Waals surface area contributed by atoms with E-state index in [0.29, 0.717) is 5.41 Å². The number of rotatable bonds is 1. The Labute approximate surface area is 99.4 Å². The van der Waals surface area contributed by atoms with E-state index in [-0.39, 0.29) is 11.9 Å². The summed E-state index contributed by atoms with van der Waals surface area (Å²) in [7, 11) is 0. The maximum absolute atomic E-state index is 11.8. The summed E-state index contributed by atoms with van der Waals surface area (Å²) < 4.78 is 0. The predicted octanol–water partition coefficient (Wildman–Crippen LogP) is 2.01. The minimum Gasteiger partial charge on any atom is -0.341 e. The molecule has 1 saturated heterocycles. The van der Waals surface area contributed by atoms with Crippen LogP contribution in [0.25, 0.3) is 0 Å². The van der Waals surface area contributed by atoms with Crippen molar-refractivity contribution in [3.05, 3.63) is 0 Å². The molecule has 1 fully saturated rings. The Kier molecular flexibility index (Phi) is 4.36. The van der Waals surface area contributed by atoms with Crippen molar-refractivity contribution in [2.24, 2.45) is 17.1 Å². The highest BCUT2D eigenvalue weighted by molar-refractivity contribution is 5.81. The lowest BCUT2D eigenvalue weighted by Crippen LogP contribution is -2.42. The van der Waals surface area contributed by atoms with Gasteiger partial charge in [0.05, 0.1) is 6.04 Å². The Morgan fingerprint density at radius 2 is 1.94 bits per heavy atom. The van der Waals surface area contributed by atoms with Gasteiger partial charge >= 0.3 is 0 Å². The van der Waals surface area contributed by atoms with Crippen molar-refractivity contribution >= 4 is 5.91 Å². The number of amides is 1. The van der Waals surface area contributed by atoms with E-state index in [4.69, 9.17) is 5.73 Å². The van der Waals surface area contributed by atoms with E-state index in [2.05, 4.69) is 20.8 Å². The third-order valence-electron chi connectivity index (χ3n) is 3.65. The van der Waals surface area contributed by atoms with Gasteiger partial charge in [-0.2, -0.15) is 0 Å². The summed E-state index contributed by atoms with van der Waals surface area (Å²) in [6.45, 7) is 10.4. The Hall–Kier alpha value is -0.570. The molecule has 0 aromatic carbocycles. The Morgan fingerprint density at radius 3 is 2.44 bits per heavy atom. The van der Waals surface area contributed by atoms with E-state index in [0.717, 1.165) is 31.8 Å². The quantitative estimate of drug-likeness (QED) is 0.743. The number of hydrogen-bond donors (Lipinski definition) is 1. The number of carbonyl (C=O) groups is 1. The average Bonchev–Trinajstić information content (AvgIpc) is 2.40. The molecule has 2 unspecified atom stereocenters. The molecule has 0 aromatic rings. The van der Waals surface area contributed by atoms with Gasteiger partial charge in [0.15, 0.2) is 0 Å². The molecule has 0 bridgehead atoms. The van der Waals surface area contributed by atoms with Gasteiger partial charge in [-0.05, 0) is 37.5 Å². The molecule has 1 heterocycles. The largest absolute Gasteiger partial charge is 0.341 e. The zero-order chi connectivity index (χ0) is 12.3. The molecule has 94 valence electrons. The highest BCUT2D eigenvalue weighted by Crippen LogP contribution is 2.34. The van der Waals surface area contributed by atoms with Gasteiger partial charge in [0.25, 0.3) is 0 Å². The second kappa shape index (κ2) is 5.17. The SMILES string of the molecule is CC(N)C(=O)N1CCCC(C(C)(C)C)CC1. The molecule has 0 radical (unpaired) electrons. The first-order valence-corrected chi connectivity index (χ1v) is 6.36. The van der Waals surface area contributed by atoms with Crippen LogP contribution in [-0.4, -0.2) is 29.9 Å². The highest BCUT2D eigenvalue weighted by Gasteiger charge is 2.28. The first kappa shape index (κ1) is 13.5. The lowest BCUT2D eigenvalue weighted by molar-refractivity contribution is -0.132. The summed E-state index contributed by atoms with van der Waals surface area (Å²) in [5.74, 6) is 0.827. The van der Waals surface area contributed by atoms with E-state index in [9.17, 15) is 4.79 Å². The molecule has 1 amide bonds. The van der Waals surface area contributed by atoms with Crippen molar-refractivity contribution in [3.63, 3.8) is 0 Å². The summed E-state index contributed by atoms with van der Waals surface area (Å²) >= 11 is 0. The monoisotopic (exact) mass is 226 g/mol. The van der Waals surface area contributed by atoms with Gasteiger partial charge in [-0.25, -0.2) is 0 Å². The van der Waals surface area contributed by atoms with E-state index in [1.54, 1.807) is 6.92 Å². The van der Waals surface area contributed by atoms with Crippen molar-refractivity contribution < 1.29 is 4.79 Å². The Balaban J connectivity index is 2.56. The zero-order valence-corrected chi connectivity index (χ0v) is 11.1. The molecule has 1 aliphatic rings. The summed E-state index contributed by atoms with van der Waals surface area (Å²) in [5.41, 5.74) is 6.00. The standard InChI is InChI=1S/C13H26N2O/c1-10(14)12(16)15-8-5-6-11(7-9-15)13(2,3)4/h10-11H,5-9,14H2,1-4H3. The second-order valence-electron chi connectivity index (χ2n) is 6.11. The van der Waals surface area contributed by atoms with Crippen LogP contribution >= 0.6 is 0 Å². The van der Waals surface area contributed by atoms with Gasteiger partial charge < -0.3 is 10.6 Å². The van der Waals surface area contributed by atoms with Crippen molar-refractivity contribution in [2.75, 3.05) is 13.1 Å². The van der Waals surface area contributed by atoms with E-state index >= 15 is 0 Å². The van der Waals surface area contributed by atoms with E-state index < -0.39 is 0 Å². The maximum Gasteiger partial charge on any atom is 0.239 e. The lowest BCUT2D eigenvalue weighted by Gasteiger charge is -2.30. The Morgan fingerprint density at radius 1 is 1.31 bits per heavy atom. The van der Waals surface area contributed by atoms with E-state index in [1.807, 2.05) is 4.90 Å². The van der Waals surface area contributed by atoms with Gasteiger partial charge in [0.2, 0.25) is 5.91 Å². The molecule has 3 heteroatoms. The molecule has 2 atom stereocenters. The minimum absolute atomic E-state index is 0.106. The first-order chi connectivity index (χ1) is 7.32. The van der Waals surface area contributed by atoms with Crippen molar-refractivity contribution in [1.29, 1.82) is 0 Å². The van der Waals surface area contributed by atoms with Crippen LogP contribution in [0.4, 0.5) is 0 Å². The van der Waals surface area contributed by atoms with Gasteiger partial charge in [0.1, 0.15) is 0 Å². The van der Waals surface area contributed by atoms with Gasteiger partial charge in [-0.15, -0.1) is 0 Å². The number of likely N-dealkylation sites (tertiary alicyclic amines) is 1. The van der Waals surface area contributed by atoms with Gasteiger partial charge in [-0.1, -0.05) is 20.8 Å². The molecular formula is C13H26N2O. The van der Waals surface area contributed by atoms with Crippen LogP contribution < -0.4 is 5.73 Å². The third kappa shape index (κ3) is 3.48. The fourth-order valence-corrected chi connectivity index (χ4v) is 2.47. The summed E-state index contributed by atoms with van der Waals surface area (Å²) in [4.78, 5) is 13.7. The van der Waals surface area contributed by atoms with E-state index in [1.165, 1.54) is 6.42 Å². The molecule has 0 spiro atoms. The van der Waals surface area contributed by atoms with Gasteiger partial charge in [0, 0.05) is 13.1 Å². The Bertz CT molecular complexity index is 243. The van der Waals surface area contributed by atoms with Gasteiger partial charge in [-0.3, -0.25) is 4.79 Å². The molecule has 1 rings (SSSR count). The van der Waals surface area contributed by atoms with Crippen LogP contribution in [-0.2, 0) is 4.79 Å². The van der Waals surface area contributed by atoms with Crippen LogP contribution in [0.5, 0.6) is 0 Å². The molecule has 16 heavy (non-hydrogen) atoms. The number of nitrogens with zero attached hydrogens (tertiary/aromatic N) is 1. The highest BCUT2D eigenvalue weighted by atomic mass is 16.2. The van der Waals surface area contributed by atoms with Crippen LogP contribution in [0.1, 0.15) is 47.0 Å². The minimum atomic E-state index is -0.355. The third-order valence-corrected chi connectivity index (χ3v) is 3.65. The van der Waals surface area contributed by atoms with Crippen LogP contribution in [0.3, 0.4) is 0 Å². The molecule has 1 aliphatic heterocycles. The first-order valence-electron chi connectivity index (χ1n) is 6.36. The summed E-state index contributed by atoms with van der Waals surface area (Å²) in [5, 5.41) is 0. The molecular weight excluding hydrogens is 200 g/mol. The molecule has 0 aromatic heterocycles. The molecule has 0 saturated carbocycles. The topological polar surface area (TPSA) is 46.3 Å². The molecule has 2 N–H and O–H groups in total. The van der Waals surface area contributed by atoms with Crippen LogP contribution in [0, 0.1) is 11.3 Å². The summed E-state index contributed by atoms with van der Waals surface area (Å²) in [6.07, 6.45) is 3.45. The van der Waals surface area contributed by atoms with Crippen molar-refractivity contribution in [2.45, 2.75) is 53.0 Å². The van der Waals surface area contributed by atoms with Crippen LogP contribution in [0.15, 0.2) is 0 Å².